The lowest BCUT2D eigenvalue weighted by Crippen LogP contribution is -2.30. The minimum atomic E-state index is 1.24. The van der Waals surface area contributed by atoms with Crippen LogP contribution in [-0.2, 0) is 7.05 Å². The molecular weight excluding hydrogens is 376 g/mol. The first-order valence-electron chi connectivity index (χ1n) is 10.8. The number of pyridine rings is 1. The fourth-order valence-corrected chi connectivity index (χ4v) is 5.41. The van der Waals surface area contributed by atoms with E-state index < -0.39 is 0 Å². The van der Waals surface area contributed by atoms with Crippen LogP contribution < -0.4 is 4.57 Å². The van der Waals surface area contributed by atoms with Crippen molar-refractivity contribution in [1.82, 2.24) is 4.40 Å². The van der Waals surface area contributed by atoms with Gasteiger partial charge in [0, 0.05) is 38.6 Å². The number of benzene rings is 4. The summed E-state index contributed by atoms with van der Waals surface area (Å²) in [4.78, 5) is 0. The summed E-state index contributed by atoms with van der Waals surface area (Å²) in [5.41, 5.74) is 7.73. The predicted molar refractivity (Wildman–Crippen MR) is 130 cm³/mol. The molecule has 0 N–H and O–H groups in total. The summed E-state index contributed by atoms with van der Waals surface area (Å²) < 4.78 is 4.70. The average molecular weight is 398 g/mol. The molecule has 0 bridgehead atoms. The zero-order valence-electron chi connectivity index (χ0n) is 17.6. The van der Waals surface area contributed by atoms with E-state index in [0.29, 0.717) is 0 Å². The smallest absolute Gasteiger partial charge is 0.213 e. The second kappa shape index (κ2) is 5.83. The monoisotopic (exact) mass is 397 g/mol. The lowest BCUT2D eigenvalue weighted by molar-refractivity contribution is -0.659. The van der Waals surface area contributed by atoms with Gasteiger partial charge in [-0.2, -0.15) is 0 Å². The molecular formula is C29H21N2+. The van der Waals surface area contributed by atoms with Gasteiger partial charge in [-0.3, -0.25) is 0 Å². The van der Waals surface area contributed by atoms with Crippen LogP contribution in [0.2, 0.25) is 0 Å². The maximum atomic E-state index is 2.45. The number of para-hydroxylation sites is 2. The molecule has 2 heteroatoms. The van der Waals surface area contributed by atoms with Crippen molar-refractivity contribution in [3.8, 4) is 11.3 Å². The third-order valence-electron chi connectivity index (χ3n) is 6.85. The largest absolute Gasteiger partial charge is 0.308 e. The van der Waals surface area contributed by atoms with Gasteiger partial charge >= 0.3 is 0 Å². The van der Waals surface area contributed by atoms with E-state index >= 15 is 0 Å². The molecule has 0 unspecified atom stereocenters. The van der Waals surface area contributed by atoms with Crippen molar-refractivity contribution < 1.29 is 4.57 Å². The molecule has 0 atom stereocenters. The van der Waals surface area contributed by atoms with Gasteiger partial charge < -0.3 is 4.40 Å². The van der Waals surface area contributed by atoms with Crippen LogP contribution in [0.4, 0.5) is 0 Å². The molecule has 0 spiro atoms. The number of aryl methyl sites for hydroxylation is 2. The summed E-state index contributed by atoms with van der Waals surface area (Å²) in [5, 5.41) is 7.84. The molecule has 0 aliphatic rings. The molecule has 2 nitrogen and oxygen atoms in total. The second-order valence-corrected chi connectivity index (χ2v) is 8.64. The van der Waals surface area contributed by atoms with Gasteiger partial charge in [0.25, 0.3) is 0 Å². The van der Waals surface area contributed by atoms with Crippen LogP contribution in [0, 0.1) is 6.92 Å². The predicted octanol–water partition coefficient (Wildman–Crippen LogP) is 6.79. The number of nitrogens with zero attached hydrogens (tertiary/aromatic N) is 2. The number of rotatable bonds is 1. The summed E-state index contributed by atoms with van der Waals surface area (Å²) in [6.45, 7) is 2.23. The van der Waals surface area contributed by atoms with E-state index in [9.17, 15) is 0 Å². The molecule has 3 aromatic heterocycles. The van der Waals surface area contributed by atoms with Crippen LogP contribution in [0.1, 0.15) is 5.56 Å². The van der Waals surface area contributed by atoms with Gasteiger partial charge in [0.15, 0.2) is 6.20 Å². The quantitative estimate of drug-likeness (QED) is 0.270. The van der Waals surface area contributed by atoms with Crippen molar-refractivity contribution in [1.29, 1.82) is 0 Å². The Labute approximate surface area is 179 Å². The minimum Gasteiger partial charge on any atom is -0.308 e. The van der Waals surface area contributed by atoms with Crippen molar-refractivity contribution in [3.63, 3.8) is 0 Å². The van der Waals surface area contributed by atoms with E-state index in [-0.39, 0.29) is 0 Å². The molecule has 0 radical (unpaired) electrons. The molecule has 146 valence electrons. The lowest BCUT2D eigenvalue weighted by Gasteiger charge is -2.08. The van der Waals surface area contributed by atoms with E-state index in [1.54, 1.807) is 0 Å². The summed E-state index contributed by atoms with van der Waals surface area (Å²) >= 11 is 0. The van der Waals surface area contributed by atoms with Gasteiger partial charge in [0.2, 0.25) is 5.69 Å². The lowest BCUT2D eigenvalue weighted by atomic mass is 9.99. The molecule has 31 heavy (non-hydrogen) atoms. The molecule has 3 heterocycles. The number of hydrogen-bond acceptors (Lipinski definition) is 0. The van der Waals surface area contributed by atoms with Crippen LogP contribution >= 0.6 is 0 Å². The molecule has 0 saturated carbocycles. The molecule has 7 aromatic rings. The number of hydrogen-bond donors (Lipinski definition) is 0. The Kier molecular flexibility index (Phi) is 3.17. The van der Waals surface area contributed by atoms with Crippen molar-refractivity contribution in [2.45, 2.75) is 6.92 Å². The van der Waals surface area contributed by atoms with Gasteiger partial charge in [-0.05, 0) is 42.1 Å². The molecule has 0 saturated heterocycles. The van der Waals surface area contributed by atoms with E-state index in [0.717, 1.165) is 0 Å². The molecule has 0 amide bonds. The maximum absolute atomic E-state index is 2.45. The normalized spacial score (nSPS) is 12.2. The van der Waals surface area contributed by atoms with E-state index in [1.165, 1.54) is 65.7 Å². The van der Waals surface area contributed by atoms with Crippen LogP contribution in [0.25, 0.3) is 60.1 Å². The molecule has 7 rings (SSSR count). The first-order valence-corrected chi connectivity index (χ1v) is 10.8. The third kappa shape index (κ3) is 2.14. The van der Waals surface area contributed by atoms with E-state index in [1.807, 2.05) is 0 Å². The Morgan fingerprint density at radius 3 is 2.23 bits per heavy atom. The zero-order chi connectivity index (χ0) is 20.7. The Morgan fingerprint density at radius 2 is 1.35 bits per heavy atom. The minimum absolute atomic E-state index is 1.24. The first-order chi connectivity index (χ1) is 15.2. The molecule has 0 fully saturated rings. The summed E-state index contributed by atoms with van der Waals surface area (Å²) in [6.07, 6.45) is 2.23. The van der Waals surface area contributed by atoms with Crippen LogP contribution in [0.15, 0.2) is 91.1 Å². The topological polar surface area (TPSA) is 8.29 Å². The van der Waals surface area contributed by atoms with Crippen molar-refractivity contribution in [2.75, 3.05) is 0 Å². The Morgan fingerprint density at radius 1 is 0.645 bits per heavy atom. The fourth-order valence-electron chi connectivity index (χ4n) is 5.41. The van der Waals surface area contributed by atoms with Gasteiger partial charge in [-0.15, -0.1) is 0 Å². The van der Waals surface area contributed by atoms with E-state index in [4.69, 9.17) is 0 Å². The Bertz CT molecular complexity index is 1800. The van der Waals surface area contributed by atoms with Crippen LogP contribution in [0.5, 0.6) is 0 Å². The van der Waals surface area contributed by atoms with Gasteiger partial charge in [-0.25, -0.2) is 4.57 Å². The van der Waals surface area contributed by atoms with E-state index in [2.05, 4.69) is 114 Å². The van der Waals surface area contributed by atoms with Crippen molar-refractivity contribution >= 4 is 48.9 Å². The highest BCUT2D eigenvalue weighted by Gasteiger charge is 2.20. The molecule has 4 aromatic carbocycles. The fraction of sp³-hybridized carbons (Fsp3) is 0.0690. The maximum Gasteiger partial charge on any atom is 0.213 e. The Balaban J connectivity index is 1.62. The SMILES string of the molecule is Cc1cc2c(cc1-c1cc3ccccc3c[n+]1C)c1cccc3c4ccccc4n2c31. The molecule has 0 aliphatic carbocycles. The van der Waals surface area contributed by atoms with Crippen LogP contribution in [-0.4, -0.2) is 4.40 Å². The molecule has 0 aliphatic heterocycles. The van der Waals surface area contributed by atoms with Gasteiger partial charge in [-0.1, -0.05) is 54.6 Å². The number of fused-ring (bicyclic) bond motifs is 7. The highest BCUT2D eigenvalue weighted by molar-refractivity contribution is 6.23. The van der Waals surface area contributed by atoms with Gasteiger partial charge in [0.1, 0.15) is 7.05 Å². The highest BCUT2D eigenvalue weighted by atomic mass is 14.9. The third-order valence-corrected chi connectivity index (χ3v) is 6.85. The highest BCUT2D eigenvalue weighted by Crippen LogP contribution is 2.40. The number of aromatic nitrogens is 2. The summed E-state index contributed by atoms with van der Waals surface area (Å²) in [6, 6.07) is 31.1. The van der Waals surface area contributed by atoms with Crippen molar-refractivity contribution in [2.24, 2.45) is 7.05 Å². The van der Waals surface area contributed by atoms with Gasteiger partial charge in [0.05, 0.1) is 16.6 Å². The first kappa shape index (κ1) is 16.8. The summed E-state index contributed by atoms with van der Waals surface area (Å²) in [7, 11) is 2.15. The van der Waals surface area contributed by atoms with Crippen LogP contribution in [0.3, 0.4) is 0 Å². The standard InChI is InChI=1S/C29H21N2/c1-18-14-28-25(16-24(18)27-15-19-8-3-4-9-20(19)17-30(27)2)23-12-7-11-22-21-10-5-6-13-26(21)31(28)29(22)23/h3-17H,1-2H3/q+1. The Hall–Kier alpha value is -3.91. The summed E-state index contributed by atoms with van der Waals surface area (Å²) in [5.74, 6) is 0. The second-order valence-electron chi connectivity index (χ2n) is 8.64. The zero-order valence-corrected chi connectivity index (χ0v) is 17.6. The average Bonchev–Trinajstić information content (AvgIpc) is 3.30. The van der Waals surface area contributed by atoms with Crippen molar-refractivity contribution in [3.05, 3.63) is 96.7 Å².